The molecule has 0 spiro atoms. The molecule has 0 aromatic heterocycles. The van der Waals surface area contributed by atoms with Crippen LogP contribution < -0.4 is 10.6 Å². The van der Waals surface area contributed by atoms with E-state index < -0.39 is 0 Å². The lowest BCUT2D eigenvalue weighted by Crippen LogP contribution is -2.49. The monoisotopic (exact) mass is 218 g/mol. The number of anilines is 2. The molecule has 1 aliphatic heterocycles. The van der Waals surface area contributed by atoms with Crippen LogP contribution in [0.25, 0.3) is 0 Å². The minimum atomic E-state index is 0.790. The Hall–Kier alpha value is -1.18. The van der Waals surface area contributed by atoms with Gasteiger partial charge in [-0.25, -0.2) is 0 Å². The zero-order valence-electron chi connectivity index (χ0n) is 10.7. The second-order valence-corrected chi connectivity index (χ2v) is 5.35. The maximum Gasteiger partial charge on any atom is 0.0446 e. The summed E-state index contributed by atoms with van der Waals surface area (Å²) in [7, 11) is 0. The van der Waals surface area contributed by atoms with E-state index in [0.717, 1.165) is 17.5 Å². The number of hydrogen-bond donors (Lipinski definition) is 1. The molecule has 2 heteroatoms. The van der Waals surface area contributed by atoms with Crippen LogP contribution in [0.3, 0.4) is 0 Å². The SMILES string of the molecule is Cc1ccc(N)c(C)c1N1CC(C(C)C)C1. The van der Waals surface area contributed by atoms with Crippen LogP contribution in [0.15, 0.2) is 12.1 Å². The van der Waals surface area contributed by atoms with Gasteiger partial charge in [0.1, 0.15) is 0 Å². The van der Waals surface area contributed by atoms with E-state index in [-0.39, 0.29) is 0 Å². The van der Waals surface area contributed by atoms with Gasteiger partial charge in [-0.15, -0.1) is 0 Å². The number of nitrogen functional groups attached to an aromatic ring is 1. The summed E-state index contributed by atoms with van der Waals surface area (Å²) in [5, 5.41) is 0. The first-order valence-corrected chi connectivity index (χ1v) is 6.11. The minimum Gasteiger partial charge on any atom is -0.398 e. The first-order valence-electron chi connectivity index (χ1n) is 6.11. The van der Waals surface area contributed by atoms with Gasteiger partial charge in [0, 0.05) is 24.5 Å². The molecule has 2 N–H and O–H groups in total. The van der Waals surface area contributed by atoms with Crippen LogP contribution in [0.5, 0.6) is 0 Å². The highest BCUT2D eigenvalue weighted by Gasteiger charge is 2.30. The van der Waals surface area contributed by atoms with Crippen molar-refractivity contribution in [1.82, 2.24) is 0 Å². The Kier molecular flexibility index (Phi) is 2.83. The van der Waals surface area contributed by atoms with Crippen LogP contribution in [0, 0.1) is 25.7 Å². The highest BCUT2D eigenvalue weighted by molar-refractivity contribution is 5.69. The normalized spacial score (nSPS) is 16.7. The molecule has 1 aromatic rings. The van der Waals surface area contributed by atoms with Crippen molar-refractivity contribution >= 4 is 11.4 Å². The van der Waals surface area contributed by atoms with Gasteiger partial charge in [0.2, 0.25) is 0 Å². The summed E-state index contributed by atoms with van der Waals surface area (Å²) in [5.74, 6) is 1.64. The number of nitrogens with zero attached hydrogens (tertiary/aromatic N) is 1. The Morgan fingerprint density at radius 2 is 1.88 bits per heavy atom. The summed E-state index contributed by atoms with van der Waals surface area (Å²) in [4.78, 5) is 2.46. The second-order valence-electron chi connectivity index (χ2n) is 5.35. The standard InChI is InChI=1S/C14H22N2/c1-9(2)12-7-16(8-12)14-10(3)5-6-13(15)11(14)4/h5-6,9,12H,7-8,15H2,1-4H3. The van der Waals surface area contributed by atoms with E-state index in [4.69, 9.17) is 5.73 Å². The topological polar surface area (TPSA) is 29.3 Å². The van der Waals surface area contributed by atoms with Gasteiger partial charge in [0.15, 0.2) is 0 Å². The third-order valence-corrected chi connectivity index (χ3v) is 3.84. The lowest BCUT2D eigenvalue weighted by Gasteiger charge is -2.44. The van der Waals surface area contributed by atoms with Gasteiger partial charge >= 0.3 is 0 Å². The predicted molar refractivity (Wildman–Crippen MR) is 70.9 cm³/mol. The largest absolute Gasteiger partial charge is 0.398 e. The summed E-state index contributed by atoms with van der Waals surface area (Å²) in [6, 6.07) is 4.13. The van der Waals surface area contributed by atoms with Gasteiger partial charge < -0.3 is 10.6 Å². The van der Waals surface area contributed by atoms with E-state index in [1.165, 1.54) is 29.9 Å². The van der Waals surface area contributed by atoms with Gasteiger partial charge in [-0.05, 0) is 42.9 Å². The molecule has 88 valence electrons. The van der Waals surface area contributed by atoms with E-state index in [1.807, 2.05) is 6.07 Å². The molecule has 1 saturated heterocycles. The fraction of sp³-hybridized carbons (Fsp3) is 0.571. The van der Waals surface area contributed by atoms with Crippen LogP contribution in [0.1, 0.15) is 25.0 Å². The Labute approximate surface area is 98.4 Å². The molecule has 0 radical (unpaired) electrons. The molecule has 0 aliphatic carbocycles. The average molecular weight is 218 g/mol. The number of benzene rings is 1. The quantitative estimate of drug-likeness (QED) is 0.773. The van der Waals surface area contributed by atoms with Crippen LogP contribution in [0.2, 0.25) is 0 Å². The summed E-state index contributed by atoms with van der Waals surface area (Å²) >= 11 is 0. The van der Waals surface area contributed by atoms with Crippen molar-refractivity contribution in [1.29, 1.82) is 0 Å². The first kappa shape index (κ1) is 11.3. The van der Waals surface area contributed by atoms with Crippen LogP contribution in [-0.4, -0.2) is 13.1 Å². The maximum atomic E-state index is 5.97. The fourth-order valence-corrected chi connectivity index (χ4v) is 2.45. The van der Waals surface area contributed by atoms with Crippen LogP contribution in [-0.2, 0) is 0 Å². The van der Waals surface area contributed by atoms with Crippen molar-refractivity contribution in [3.63, 3.8) is 0 Å². The number of aryl methyl sites for hydroxylation is 1. The van der Waals surface area contributed by atoms with Crippen molar-refractivity contribution in [2.24, 2.45) is 11.8 Å². The highest BCUT2D eigenvalue weighted by atomic mass is 15.2. The average Bonchev–Trinajstić information content (AvgIpc) is 2.14. The van der Waals surface area contributed by atoms with Crippen molar-refractivity contribution in [2.45, 2.75) is 27.7 Å². The molecule has 2 nitrogen and oxygen atoms in total. The van der Waals surface area contributed by atoms with Crippen molar-refractivity contribution in [2.75, 3.05) is 23.7 Å². The molecule has 16 heavy (non-hydrogen) atoms. The maximum absolute atomic E-state index is 5.97. The molecule has 1 aliphatic rings. The molecular weight excluding hydrogens is 196 g/mol. The molecule has 0 amide bonds. The highest BCUT2D eigenvalue weighted by Crippen LogP contribution is 2.35. The molecule has 2 rings (SSSR count). The van der Waals surface area contributed by atoms with Gasteiger partial charge in [-0.3, -0.25) is 0 Å². The summed E-state index contributed by atoms with van der Waals surface area (Å²) in [5.41, 5.74) is 10.8. The van der Waals surface area contributed by atoms with Crippen molar-refractivity contribution in [3.05, 3.63) is 23.3 Å². The Bertz CT molecular complexity index is 390. The lowest BCUT2D eigenvalue weighted by atomic mass is 9.87. The molecule has 0 atom stereocenters. The Morgan fingerprint density at radius 1 is 1.25 bits per heavy atom. The summed E-state index contributed by atoms with van der Waals surface area (Å²) in [6.07, 6.45) is 0. The third-order valence-electron chi connectivity index (χ3n) is 3.84. The predicted octanol–water partition coefficient (Wildman–Crippen LogP) is 2.98. The van der Waals surface area contributed by atoms with Gasteiger partial charge in [-0.2, -0.15) is 0 Å². The molecule has 0 unspecified atom stereocenters. The molecular formula is C14H22N2. The fourth-order valence-electron chi connectivity index (χ4n) is 2.45. The van der Waals surface area contributed by atoms with Gasteiger partial charge in [0.05, 0.1) is 0 Å². The summed E-state index contributed by atoms with van der Waals surface area (Å²) in [6.45, 7) is 11.3. The van der Waals surface area contributed by atoms with Crippen LogP contribution >= 0.6 is 0 Å². The zero-order chi connectivity index (χ0) is 11.9. The second kappa shape index (κ2) is 4.00. The van der Waals surface area contributed by atoms with E-state index >= 15 is 0 Å². The molecule has 1 fully saturated rings. The Morgan fingerprint density at radius 3 is 2.44 bits per heavy atom. The van der Waals surface area contributed by atoms with E-state index in [2.05, 4.69) is 38.7 Å². The molecule has 1 heterocycles. The van der Waals surface area contributed by atoms with Crippen LogP contribution in [0.4, 0.5) is 11.4 Å². The zero-order valence-corrected chi connectivity index (χ0v) is 10.7. The molecule has 1 aromatic carbocycles. The number of hydrogen-bond acceptors (Lipinski definition) is 2. The van der Waals surface area contributed by atoms with E-state index in [0.29, 0.717) is 0 Å². The number of nitrogens with two attached hydrogens (primary N) is 1. The summed E-state index contributed by atoms with van der Waals surface area (Å²) < 4.78 is 0. The van der Waals surface area contributed by atoms with E-state index in [9.17, 15) is 0 Å². The van der Waals surface area contributed by atoms with Gasteiger partial charge in [0.25, 0.3) is 0 Å². The van der Waals surface area contributed by atoms with E-state index in [1.54, 1.807) is 0 Å². The van der Waals surface area contributed by atoms with Gasteiger partial charge in [-0.1, -0.05) is 19.9 Å². The third kappa shape index (κ3) is 1.77. The first-order chi connectivity index (χ1) is 7.50. The lowest BCUT2D eigenvalue weighted by molar-refractivity contribution is 0.309. The minimum absolute atomic E-state index is 0.790. The molecule has 0 saturated carbocycles. The molecule has 0 bridgehead atoms. The number of rotatable bonds is 2. The van der Waals surface area contributed by atoms with Crippen molar-refractivity contribution in [3.8, 4) is 0 Å². The van der Waals surface area contributed by atoms with Crippen molar-refractivity contribution < 1.29 is 0 Å². The Balaban J connectivity index is 2.20. The smallest absolute Gasteiger partial charge is 0.0446 e.